The quantitative estimate of drug-likeness (QED) is 0.337. The Morgan fingerprint density at radius 1 is 1.19 bits per heavy atom. The predicted molar refractivity (Wildman–Crippen MR) is 137 cm³/mol. The molecule has 1 aliphatic heterocycles. The number of thiazole rings is 1. The molecule has 0 radical (unpaired) electrons. The predicted octanol–water partition coefficient (Wildman–Crippen LogP) is 4.10. The molecule has 3 heterocycles. The summed E-state index contributed by atoms with van der Waals surface area (Å²) in [5.74, 6) is -1.63. The van der Waals surface area contributed by atoms with Gasteiger partial charge in [0.05, 0.1) is 24.1 Å². The monoisotopic (exact) mass is 509 g/mol. The van der Waals surface area contributed by atoms with Crippen LogP contribution in [0, 0.1) is 11.6 Å². The van der Waals surface area contributed by atoms with Crippen LogP contribution >= 0.6 is 11.3 Å². The van der Waals surface area contributed by atoms with Crippen molar-refractivity contribution in [3.8, 4) is 10.6 Å². The average Bonchev–Trinajstić information content (AvgIpc) is 3.48. The molecular weight excluding hydrogens is 484 g/mol. The molecule has 1 saturated heterocycles. The molecule has 36 heavy (non-hydrogen) atoms. The minimum Gasteiger partial charge on any atom is -0.399 e. The maximum atomic E-state index is 13.5. The number of aromatic nitrogens is 3. The fraction of sp³-hybridized carbons (Fsp3) is 0.240. The molecule has 4 aromatic rings. The van der Waals surface area contributed by atoms with E-state index in [1.807, 2.05) is 12.1 Å². The van der Waals surface area contributed by atoms with E-state index < -0.39 is 11.6 Å². The van der Waals surface area contributed by atoms with E-state index in [1.165, 1.54) is 23.5 Å². The Balaban J connectivity index is 1.31. The maximum Gasteiger partial charge on any atom is 0.275 e. The first kappa shape index (κ1) is 23.9. The first-order valence-electron chi connectivity index (χ1n) is 11.5. The second-order valence-corrected chi connectivity index (χ2v) is 9.68. The number of anilines is 3. The van der Waals surface area contributed by atoms with E-state index >= 15 is 0 Å². The lowest BCUT2D eigenvalue weighted by atomic mass is 10.1. The smallest absolute Gasteiger partial charge is 0.275 e. The van der Waals surface area contributed by atoms with Gasteiger partial charge in [-0.1, -0.05) is 0 Å². The molecule has 1 fully saturated rings. The summed E-state index contributed by atoms with van der Waals surface area (Å²) in [5.41, 5.74) is 15.6. The van der Waals surface area contributed by atoms with Gasteiger partial charge in [0, 0.05) is 48.0 Å². The molecule has 2 aromatic carbocycles. The van der Waals surface area contributed by atoms with Gasteiger partial charge in [-0.25, -0.2) is 13.8 Å². The maximum absolute atomic E-state index is 13.5. The first-order chi connectivity index (χ1) is 17.3. The number of nitrogens with zero attached hydrogens (tertiary/aromatic N) is 4. The van der Waals surface area contributed by atoms with Crippen molar-refractivity contribution in [2.75, 3.05) is 29.0 Å². The summed E-state index contributed by atoms with van der Waals surface area (Å²) in [4.78, 5) is 19.7. The third-order valence-corrected chi connectivity index (χ3v) is 6.84. The Kier molecular flexibility index (Phi) is 6.66. The number of benzene rings is 2. The number of nitrogens with one attached hydrogen (secondary N) is 1. The summed E-state index contributed by atoms with van der Waals surface area (Å²) in [7, 11) is 0. The van der Waals surface area contributed by atoms with Crippen LogP contribution in [0.2, 0.25) is 0 Å². The highest BCUT2D eigenvalue weighted by atomic mass is 32.1. The molecule has 11 heteroatoms. The van der Waals surface area contributed by atoms with Crippen LogP contribution in [0.25, 0.3) is 10.6 Å². The van der Waals surface area contributed by atoms with Gasteiger partial charge in [0.15, 0.2) is 0 Å². The molecule has 0 saturated carbocycles. The zero-order valence-corrected chi connectivity index (χ0v) is 20.1. The van der Waals surface area contributed by atoms with Crippen LogP contribution in [0.5, 0.6) is 0 Å². The molecule has 2 aromatic heterocycles. The second-order valence-electron chi connectivity index (χ2n) is 8.82. The number of halogens is 2. The molecule has 1 unspecified atom stereocenters. The zero-order chi connectivity index (χ0) is 25.2. The van der Waals surface area contributed by atoms with Crippen molar-refractivity contribution in [1.82, 2.24) is 14.8 Å². The number of amides is 1. The van der Waals surface area contributed by atoms with E-state index in [0.717, 1.165) is 31.1 Å². The standard InChI is InChI=1S/C25H25F2N7OS/c26-17-6-15(7-18(27)8-17)11-34-12-16(10-30-34)25-32-22(14-36-25)24(35)31-21-9-19(28)3-4-23(21)33-5-1-2-20(29)13-33/h3-4,6-10,12,14,20H,1-2,5,11,13,28-29H2,(H,31,35). The minimum atomic E-state index is -0.639. The van der Waals surface area contributed by atoms with E-state index in [2.05, 4.69) is 20.3 Å². The average molecular weight is 510 g/mol. The zero-order valence-electron chi connectivity index (χ0n) is 19.3. The van der Waals surface area contributed by atoms with E-state index in [-0.39, 0.29) is 24.2 Å². The third kappa shape index (κ3) is 5.37. The molecule has 0 bridgehead atoms. The summed E-state index contributed by atoms with van der Waals surface area (Å²) >= 11 is 1.30. The molecule has 1 aliphatic rings. The first-order valence-corrected chi connectivity index (χ1v) is 12.4. The molecule has 1 atom stereocenters. The number of nitrogen functional groups attached to an aromatic ring is 1. The SMILES string of the molecule is Nc1ccc(N2CCCC(N)C2)c(NC(=O)c2csc(-c3cnn(Cc4cc(F)cc(F)c4)c3)n2)c1. The molecule has 1 amide bonds. The normalized spacial score (nSPS) is 15.8. The number of hydrogen-bond donors (Lipinski definition) is 3. The fourth-order valence-corrected chi connectivity index (χ4v) is 5.08. The third-order valence-electron chi connectivity index (χ3n) is 5.95. The van der Waals surface area contributed by atoms with Crippen molar-refractivity contribution in [3.63, 3.8) is 0 Å². The molecule has 8 nitrogen and oxygen atoms in total. The van der Waals surface area contributed by atoms with E-state index in [1.54, 1.807) is 28.5 Å². The summed E-state index contributed by atoms with van der Waals surface area (Å²) < 4.78 is 28.5. The number of hydrogen-bond acceptors (Lipinski definition) is 7. The summed E-state index contributed by atoms with van der Waals surface area (Å²) in [5, 5.41) is 9.48. The molecule has 0 spiro atoms. The Morgan fingerprint density at radius 3 is 2.78 bits per heavy atom. The lowest BCUT2D eigenvalue weighted by molar-refractivity contribution is 0.102. The van der Waals surface area contributed by atoms with Crippen LogP contribution in [-0.4, -0.2) is 39.8 Å². The highest BCUT2D eigenvalue weighted by molar-refractivity contribution is 7.13. The van der Waals surface area contributed by atoms with Gasteiger partial charge in [0.2, 0.25) is 0 Å². The second kappa shape index (κ2) is 10.0. The Labute approximate surface area is 210 Å². The number of piperidine rings is 1. The lowest BCUT2D eigenvalue weighted by Crippen LogP contribution is -2.43. The number of carbonyl (C=O) groups excluding carboxylic acids is 1. The van der Waals surface area contributed by atoms with Gasteiger partial charge < -0.3 is 21.7 Å². The number of carbonyl (C=O) groups is 1. The molecule has 5 N–H and O–H groups in total. The molecule has 0 aliphatic carbocycles. The van der Waals surface area contributed by atoms with Gasteiger partial charge in [-0.05, 0) is 48.7 Å². The minimum absolute atomic E-state index is 0.0850. The van der Waals surface area contributed by atoms with E-state index in [0.29, 0.717) is 34.1 Å². The topological polar surface area (TPSA) is 115 Å². The number of nitrogens with two attached hydrogens (primary N) is 2. The van der Waals surface area contributed by atoms with Crippen molar-refractivity contribution >= 4 is 34.3 Å². The van der Waals surface area contributed by atoms with Crippen molar-refractivity contribution in [3.05, 3.63) is 77.1 Å². The van der Waals surface area contributed by atoms with Crippen molar-refractivity contribution in [1.29, 1.82) is 0 Å². The van der Waals surface area contributed by atoms with Crippen LogP contribution in [-0.2, 0) is 6.54 Å². The van der Waals surface area contributed by atoms with Crippen molar-refractivity contribution < 1.29 is 13.6 Å². The lowest BCUT2D eigenvalue weighted by Gasteiger charge is -2.34. The Morgan fingerprint density at radius 2 is 2.00 bits per heavy atom. The van der Waals surface area contributed by atoms with Gasteiger partial charge in [-0.15, -0.1) is 11.3 Å². The Bertz CT molecular complexity index is 1380. The van der Waals surface area contributed by atoms with E-state index in [4.69, 9.17) is 11.5 Å². The van der Waals surface area contributed by atoms with Gasteiger partial charge in [0.25, 0.3) is 5.91 Å². The van der Waals surface area contributed by atoms with Crippen LogP contribution in [0.3, 0.4) is 0 Å². The van der Waals surface area contributed by atoms with Gasteiger partial charge in [0.1, 0.15) is 22.3 Å². The van der Waals surface area contributed by atoms with E-state index in [9.17, 15) is 13.6 Å². The van der Waals surface area contributed by atoms with Gasteiger partial charge in [-0.3, -0.25) is 9.48 Å². The van der Waals surface area contributed by atoms with Crippen LogP contribution in [0.1, 0.15) is 28.9 Å². The highest BCUT2D eigenvalue weighted by Gasteiger charge is 2.21. The molecular formula is C25H25F2N7OS. The van der Waals surface area contributed by atoms with Crippen LogP contribution in [0.15, 0.2) is 54.2 Å². The largest absolute Gasteiger partial charge is 0.399 e. The summed E-state index contributed by atoms with van der Waals surface area (Å²) in [6, 6.07) is 8.88. The Hall–Kier alpha value is -3.83. The summed E-state index contributed by atoms with van der Waals surface area (Å²) in [6.45, 7) is 1.76. The van der Waals surface area contributed by atoms with Crippen molar-refractivity contribution in [2.24, 2.45) is 5.73 Å². The van der Waals surface area contributed by atoms with Crippen LogP contribution < -0.4 is 21.7 Å². The summed E-state index contributed by atoms with van der Waals surface area (Å²) in [6.07, 6.45) is 5.28. The number of rotatable bonds is 6. The van der Waals surface area contributed by atoms with Crippen molar-refractivity contribution in [2.45, 2.75) is 25.4 Å². The van der Waals surface area contributed by atoms with Crippen LogP contribution in [0.4, 0.5) is 25.8 Å². The highest BCUT2D eigenvalue weighted by Crippen LogP contribution is 2.31. The van der Waals surface area contributed by atoms with Gasteiger partial charge in [-0.2, -0.15) is 5.10 Å². The van der Waals surface area contributed by atoms with Gasteiger partial charge >= 0.3 is 0 Å². The molecule has 186 valence electrons. The fourth-order valence-electron chi connectivity index (χ4n) is 4.31. The molecule has 5 rings (SSSR count).